The molecule has 0 saturated heterocycles. The minimum Gasteiger partial charge on any atom is -0.315 e. The van der Waals surface area contributed by atoms with E-state index in [1.54, 1.807) is 0 Å². The first-order chi connectivity index (χ1) is 11.3. The van der Waals surface area contributed by atoms with Crippen LogP contribution >= 0.6 is 0 Å². The molecule has 0 fully saturated rings. The Hall–Kier alpha value is -1.83. The second kappa shape index (κ2) is 7.63. The molecule has 8 heteroatoms. The monoisotopic (exact) mass is 318 g/mol. The SMILES string of the molecule is CCCCn1nnnc1CNC[C@H]1CCc2nnc(CC)n2C1. The van der Waals surface area contributed by atoms with Gasteiger partial charge in [-0.3, -0.25) is 0 Å². The number of fused-ring (bicyclic) bond motifs is 1. The fraction of sp³-hybridized carbons (Fsp3) is 0.800. The molecule has 0 unspecified atom stereocenters. The lowest BCUT2D eigenvalue weighted by atomic mass is 9.99. The van der Waals surface area contributed by atoms with Crippen molar-refractivity contribution in [3.63, 3.8) is 0 Å². The molecule has 1 aliphatic rings. The van der Waals surface area contributed by atoms with Crippen molar-refractivity contribution < 1.29 is 0 Å². The highest BCUT2D eigenvalue weighted by atomic mass is 15.5. The van der Waals surface area contributed by atoms with E-state index in [4.69, 9.17) is 0 Å². The predicted molar refractivity (Wildman–Crippen MR) is 85.6 cm³/mol. The predicted octanol–water partition coefficient (Wildman–Crippen LogP) is 0.979. The normalized spacial score (nSPS) is 17.4. The van der Waals surface area contributed by atoms with Crippen molar-refractivity contribution in [2.45, 2.75) is 65.6 Å². The van der Waals surface area contributed by atoms with Crippen LogP contribution in [0.1, 0.15) is 50.6 Å². The van der Waals surface area contributed by atoms with E-state index in [2.05, 4.69) is 49.5 Å². The van der Waals surface area contributed by atoms with Crippen molar-refractivity contribution in [3.05, 3.63) is 17.5 Å². The lowest BCUT2D eigenvalue weighted by Gasteiger charge is -2.24. The molecule has 0 radical (unpaired) electrons. The Morgan fingerprint density at radius 2 is 2.09 bits per heavy atom. The molecule has 0 spiro atoms. The van der Waals surface area contributed by atoms with E-state index in [0.717, 1.165) is 75.8 Å². The van der Waals surface area contributed by atoms with E-state index in [-0.39, 0.29) is 0 Å². The van der Waals surface area contributed by atoms with E-state index in [0.29, 0.717) is 5.92 Å². The van der Waals surface area contributed by atoms with Crippen LogP contribution in [0, 0.1) is 5.92 Å². The van der Waals surface area contributed by atoms with Gasteiger partial charge in [0.1, 0.15) is 11.6 Å². The molecule has 126 valence electrons. The second-order valence-corrected chi connectivity index (χ2v) is 6.20. The quantitative estimate of drug-likeness (QED) is 0.781. The van der Waals surface area contributed by atoms with Gasteiger partial charge < -0.3 is 9.88 Å². The van der Waals surface area contributed by atoms with E-state index in [9.17, 15) is 0 Å². The third-order valence-electron chi connectivity index (χ3n) is 4.48. The Bertz CT molecular complexity index is 603. The largest absolute Gasteiger partial charge is 0.315 e. The van der Waals surface area contributed by atoms with Crippen LogP contribution in [0.15, 0.2) is 0 Å². The molecule has 0 saturated carbocycles. The van der Waals surface area contributed by atoms with Crippen LogP contribution < -0.4 is 5.32 Å². The van der Waals surface area contributed by atoms with Gasteiger partial charge in [0, 0.05) is 32.5 Å². The van der Waals surface area contributed by atoms with Gasteiger partial charge in [-0.25, -0.2) is 4.68 Å². The standard InChI is InChI=1S/C15H26N8/c1-3-5-8-23-15(19-20-21-23)10-16-9-12-6-7-14-18-17-13(4-2)22(14)11-12/h12,16H,3-11H2,1-2H3/t12-/m1/s1. The summed E-state index contributed by atoms with van der Waals surface area (Å²) in [7, 11) is 0. The molecule has 1 N–H and O–H groups in total. The molecule has 1 aliphatic heterocycles. The Morgan fingerprint density at radius 1 is 1.17 bits per heavy atom. The van der Waals surface area contributed by atoms with E-state index >= 15 is 0 Å². The number of aryl methyl sites for hydroxylation is 3. The molecule has 3 heterocycles. The van der Waals surface area contributed by atoms with Crippen LogP contribution in [0.3, 0.4) is 0 Å². The maximum Gasteiger partial charge on any atom is 0.165 e. The number of aromatic nitrogens is 7. The van der Waals surface area contributed by atoms with Gasteiger partial charge in [-0.05, 0) is 29.2 Å². The zero-order valence-corrected chi connectivity index (χ0v) is 14.1. The van der Waals surface area contributed by atoms with Gasteiger partial charge in [0.05, 0.1) is 6.54 Å². The van der Waals surface area contributed by atoms with Crippen molar-refractivity contribution >= 4 is 0 Å². The van der Waals surface area contributed by atoms with Crippen molar-refractivity contribution in [3.8, 4) is 0 Å². The third kappa shape index (κ3) is 3.74. The number of nitrogens with one attached hydrogen (secondary N) is 1. The highest BCUT2D eigenvalue weighted by Gasteiger charge is 2.22. The van der Waals surface area contributed by atoms with Gasteiger partial charge in [0.2, 0.25) is 0 Å². The summed E-state index contributed by atoms with van der Waals surface area (Å²) >= 11 is 0. The van der Waals surface area contributed by atoms with Gasteiger partial charge in [0.15, 0.2) is 5.82 Å². The van der Waals surface area contributed by atoms with Gasteiger partial charge >= 0.3 is 0 Å². The number of unbranched alkanes of at least 4 members (excludes halogenated alkanes) is 1. The molecule has 1 atom stereocenters. The minimum atomic E-state index is 0.615. The number of rotatable bonds is 8. The number of tetrazole rings is 1. The first-order valence-corrected chi connectivity index (χ1v) is 8.68. The topological polar surface area (TPSA) is 86.3 Å². The molecular weight excluding hydrogens is 292 g/mol. The summed E-state index contributed by atoms with van der Waals surface area (Å²) in [5.74, 6) is 3.78. The highest BCUT2D eigenvalue weighted by Crippen LogP contribution is 2.19. The Kier molecular flexibility index (Phi) is 5.32. The average Bonchev–Trinajstić information content (AvgIpc) is 3.19. The minimum absolute atomic E-state index is 0.615. The summed E-state index contributed by atoms with van der Waals surface area (Å²) in [5.41, 5.74) is 0. The Morgan fingerprint density at radius 3 is 2.91 bits per heavy atom. The zero-order valence-electron chi connectivity index (χ0n) is 14.1. The van der Waals surface area contributed by atoms with E-state index in [1.807, 2.05) is 4.68 Å². The van der Waals surface area contributed by atoms with Crippen molar-refractivity contribution in [1.82, 2.24) is 40.3 Å². The van der Waals surface area contributed by atoms with Crippen LogP contribution in [0.4, 0.5) is 0 Å². The molecule has 2 aromatic heterocycles. The lowest BCUT2D eigenvalue weighted by molar-refractivity contribution is 0.340. The fourth-order valence-electron chi connectivity index (χ4n) is 3.10. The highest BCUT2D eigenvalue weighted by molar-refractivity contribution is 5.00. The van der Waals surface area contributed by atoms with Crippen molar-refractivity contribution in [1.29, 1.82) is 0 Å². The third-order valence-corrected chi connectivity index (χ3v) is 4.48. The summed E-state index contributed by atoms with van der Waals surface area (Å²) in [6, 6.07) is 0. The van der Waals surface area contributed by atoms with Crippen LogP contribution in [0.25, 0.3) is 0 Å². The van der Waals surface area contributed by atoms with Crippen LogP contribution in [0.2, 0.25) is 0 Å². The maximum atomic E-state index is 4.29. The molecular formula is C15H26N8. The number of nitrogens with zero attached hydrogens (tertiary/aromatic N) is 7. The Labute approximate surface area is 136 Å². The smallest absolute Gasteiger partial charge is 0.165 e. The maximum absolute atomic E-state index is 4.29. The summed E-state index contributed by atoms with van der Waals surface area (Å²) in [6.07, 6.45) is 5.38. The molecule has 2 aromatic rings. The molecule has 0 aromatic carbocycles. The summed E-state index contributed by atoms with van der Waals surface area (Å²) < 4.78 is 4.20. The second-order valence-electron chi connectivity index (χ2n) is 6.20. The summed E-state index contributed by atoms with van der Waals surface area (Å²) in [4.78, 5) is 0. The lowest BCUT2D eigenvalue weighted by Crippen LogP contribution is -2.31. The van der Waals surface area contributed by atoms with Crippen LogP contribution in [-0.2, 0) is 32.5 Å². The molecule has 8 nitrogen and oxygen atoms in total. The summed E-state index contributed by atoms with van der Waals surface area (Å²) in [6.45, 7) is 7.92. The van der Waals surface area contributed by atoms with E-state index in [1.165, 1.54) is 0 Å². The summed E-state index contributed by atoms with van der Waals surface area (Å²) in [5, 5.41) is 24.0. The first kappa shape index (κ1) is 16.0. The molecule has 23 heavy (non-hydrogen) atoms. The fourth-order valence-corrected chi connectivity index (χ4v) is 3.10. The average molecular weight is 318 g/mol. The number of hydrogen-bond acceptors (Lipinski definition) is 6. The number of hydrogen-bond donors (Lipinski definition) is 1. The van der Waals surface area contributed by atoms with Crippen molar-refractivity contribution in [2.24, 2.45) is 5.92 Å². The van der Waals surface area contributed by atoms with Gasteiger partial charge in [-0.2, -0.15) is 0 Å². The van der Waals surface area contributed by atoms with Gasteiger partial charge in [0.25, 0.3) is 0 Å². The molecule has 0 aliphatic carbocycles. The molecule has 3 rings (SSSR count). The zero-order chi connectivity index (χ0) is 16.1. The Balaban J connectivity index is 1.49. The van der Waals surface area contributed by atoms with Crippen LogP contribution in [0.5, 0.6) is 0 Å². The first-order valence-electron chi connectivity index (χ1n) is 8.68. The van der Waals surface area contributed by atoms with Crippen LogP contribution in [-0.4, -0.2) is 41.5 Å². The van der Waals surface area contributed by atoms with Gasteiger partial charge in [-0.1, -0.05) is 20.3 Å². The molecule has 0 amide bonds. The molecule has 0 bridgehead atoms. The van der Waals surface area contributed by atoms with E-state index < -0.39 is 0 Å². The van der Waals surface area contributed by atoms with Gasteiger partial charge in [-0.15, -0.1) is 15.3 Å². The van der Waals surface area contributed by atoms with Crippen molar-refractivity contribution in [2.75, 3.05) is 6.54 Å².